The maximum absolute atomic E-state index is 20.1. The minimum absolute atomic E-state index is 0.161. The lowest BCUT2D eigenvalue weighted by Gasteiger charge is -2.36. The molecule has 0 spiro atoms. The molecule has 0 saturated carbocycles. The van der Waals surface area contributed by atoms with Crippen LogP contribution in [0.4, 0.5) is 8.78 Å². The Hall–Kier alpha value is -9.16. The van der Waals surface area contributed by atoms with E-state index < -0.39 is 34.4 Å². The van der Waals surface area contributed by atoms with Crippen molar-refractivity contribution in [2.45, 2.75) is 38.5 Å². The first kappa shape index (κ1) is 52.2. The summed E-state index contributed by atoms with van der Waals surface area (Å²) in [5.41, 5.74) is 10.1. The Kier molecular flexibility index (Phi) is 12.6. The Balaban J connectivity index is 1.15. The molecule has 0 atom stereocenters. The number of carbonyl (C=O) groups is 2. The number of esters is 2. The number of nitrogens with zero attached hydrogens (tertiary/aromatic N) is 6. The summed E-state index contributed by atoms with van der Waals surface area (Å²) in [6.07, 6.45) is 2.87. The number of aryl methyl sites for hydroxylation is 4. The number of halogens is 2. The molecule has 13 rings (SSSR count). The van der Waals surface area contributed by atoms with Gasteiger partial charge in [0.2, 0.25) is 0 Å². The lowest BCUT2D eigenvalue weighted by molar-refractivity contribution is -0.136. The fraction of sp³-hybridized carbons (Fsp3) is 0.121. The van der Waals surface area contributed by atoms with E-state index in [2.05, 4.69) is 8.75 Å². The van der Waals surface area contributed by atoms with Crippen molar-refractivity contribution >= 4 is 92.3 Å². The van der Waals surface area contributed by atoms with Gasteiger partial charge in [0, 0.05) is 64.0 Å². The molecule has 0 bridgehead atoms. The molecule has 0 saturated heterocycles. The third-order valence-electron chi connectivity index (χ3n) is 15.9. The highest BCUT2D eigenvalue weighted by Crippen LogP contribution is 2.68. The third-order valence-corrected chi connectivity index (χ3v) is 19.3. The summed E-state index contributed by atoms with van der Waals surface area (Å²) in [5.74, 6) is -2.67. The number of carbonyl (C=O) groups excluding carboxylic acids is 2. The highest BCUT2D eigenvalue weighted by Gasteiger charge is 2.57. The molecule has 2 aliphatic rings. The average molecular weight is 1150 g/mol. The van der Waals surface area contributed by atoms with Gasteiger partial charge in [-0.15, -0.1) is 22.7 Å². The molecule has 11 aromatic rings. The molecule has 0 N–H and O–H groups in total. The highest BCUT2D eigenvalue weighted by atomic mass is 32.1. The van der Waals surface area contributed by atoms with Crippen LogP contribution in [0.25, 0.3) is 76.0 Å². The standard InChI is InChI=1S/C66H42F2N6O4S4/c1-33-7-17-41(18-8-33)65(42-19-9-34(2)10-20-42)47-29-49(45-25-15-37(57-59(45)73-81-71-57)27-39(31-69)63(75)77-5)79-61(47)51-53(65)55(67)52-54(56(51)68)66(43-21-11-35(3)12-22-43,44-23-13-36(4)14-24-44)48-30-50(80-62(48)52)46-26-16-38(58-60(46)74-82-72-58)28-40(32-70)64(76)78-6/h7-30H,1-6H3/b39-27+,40-28+. The number of hydrogen-bond acceptors (Lipinski definition) is 14. The van der Waals surface area contributed by atoms with Gasteiger partial charge in [-0.1, -0.05) is 144 Å². The van der Waals surface area contributed by atoms with Crippen LogP contribution in [0.15, 0.2) is 145 Å². The second kappa shape index (κ2) is 19.8. The third kappa shape index (κ3) is 7.63. The van der Waals surface area contributed by atoms with E-state index in [9.17, 15) is 20.1 Å². The molecule has 0 radical (unpaired) electrons. The molecule has 0 fully saturated rings. The lowest BCUT2D eigenvalue weighted by Crippen LogP contribution is -2.32. The normalized spacial score (nSPS) is 13.8. The van der Waals surface area contributed by atoms with Gasteiger partial charge in [-0.2, -0.15) is 28.0 Å². The van der Waals surface area contributed by atoms with Gasteiger partial charge in [0.05, 0.1) is 48.5 Å². The second-order valence-corrected chi connectivity index (χ2v) is 23.6. The molecular weight excluding hydrogens is 1110 g/mol. The first-order valence-corrected chi connectivity index (χ1v) is 28.9. The van der Waals surface area contributed by atoms with Crippen molar-refractivity contribution in [2.24, 2.45) is 0 Å². The number of thiophene rings is 2. The number of nitriles is 2. The summed E-state index contributed by atoms with van der Waals surface area (Å²) in [6, 6.07) is 47.4. The molecule has 0 aliphatic heterocycles. The van der Waals surface area contributed by atoms with Crippen molar-refractivity contribution in [3.63, 3.8) is 0 Å². The van der Waals surface area contributed by atoms with Crippen LogP contribution in [-0.4, -0.2) is 43.7 Å². The van der Waals surface area contributed by atoms with Crippen LogP contribution < -0.4 is 0 Å². The monoisotopic (exact) mass is 1150 g/mol. The Labute approximate surface area is 485 Å². The molecule has 2 aliphatic carbocycles. The molecule has 0 amide bonds. The SMILES string of the molecule is COC(=O)/C(C#N)=C/c1ccc(-c2cc3c(s2)-c2c(F)c4c(c(F)c2C3(c2ccc(C)cc2)c2ccc(C)cc2)-c2sc(-c3ccc(/C=C(\C#N)C(=O)OC)c5nsnc35)cc2C4(c2ccc(C)cc2)c2ccc(C)cc2)c2nsnc12. The van der Waals surface area contributed by atoms with E-state index in [0.717, 1.165) is 77.7 Å². The van der Waals surface area contributed by atoms with E-state index in [4.69, 9.17) is 18.2 Å². The number of ether oxygens (including phenoxy) is 2. The van der Waals surface area contributed by atoms with Crippen molar-refractivity contribution in [3.8, 4) is 53.9 Å². The lowest BCUT2D eigenvalue weighted by atomic mass is 9.65. The molecule has 7 aromatic carbocycles. The zero-order valence-corrected chi connectivity index (χ0v) is 47.8. The number of rotatable bonds is 10. The van der Waals surface area contributed by atoms with E-state index in [-0.39, 0.29) is 33.4 Å². The summed E-state index contributed by atoms with van der Waals surface area (Å²) >= 11 is 4.70. The molecule has 10 nitrogen and oxygen atoms in total. The van der Waals surface area contributed by atoms with E-state index in [1.807, 2.05) is 161 Å². The van der Waals surface area contributed by atoms with Gasteiger partial charge in [0.25, 0.3) is 0 Å². The summed E-state index contributed by atoms with van der Waals surface area (Å²) in [5, 5.41) is 19.8. The van der Waals surface area contributed by atoms with Gasteiger partial charge in [-0.25, -0.2) is 18.4 Å². The number of aromatic nitrogens is 4. The first-order valence-electron chi connectivity index (χ1n) is 25.8. The van der Waals surface area contributed by atoms with Crippen LogP contribution in [0.2, 0.25) is 0 Å². The number of methoxy groups -OCH3 is 2. The molecule has 4 heterocycles. The summed E-state index contributed by atoms with van der Waals surface area (Å²) in [7, 11) is 2.43. The average Bonchev–Trinajstić information content (AvgIpc) is 2.14. The molecule has 82 heavy (non-hydrogen) atoms. The minimum Gasteiger partial charge on any atom is -0.465 e. The second-order valence-electron chi connectivity index (χ2n) is 20.4. The molecule has 398 valence electrons. The van der Waals surface area contributed by atoms with Crippen molar-refractivity contribution < 1.29 is 27.8 Å². The predicted molar refractivity (Wildman–Crippen MR) is 320 cm³/mol. The number of benzene rings is 7. The van der Waals surface area contributed by atoms with Crippen molar-refractivity contribution in [2.75, 3.05) is 14.2 Å². The maximum Gasteiger partial charge on any atom is 0.348 e. The maximum atomic E-state index is 20.1. The van der Waals surface area contributed by atoms with E-state index in [1.54, 1.807) is 12.1 Å². The van der Waals surface area contributed by atoms with E-state index >= 15 is 8.78 Å². The number of hydrogen-bond donors (Lipinski definition) is 0. The van der Waals surface area contributed by atoms with Crippen molar-refractivity contribution in [3.05, 3.63) is 234 Å². The summed E-state index contributed by atoms with van der Waals surface area (Å²) in [6.45, 7) is 8.00. The summed E-state index contributed by atoms with van der Waals surface area (Å²) < 4.78 is 68.8. The van der Waals surface area contributed by atoms with Gasteiger partial charge >= 0.3 is 11.9 Å². The topological polar surface area (TPSA) is 152 Å². The van der Waals surface area contributed by atoms with E-state index in [1.165, 1.54) is 49.0 Å². The minimum atomic E-state index is -1.42. The Morgan fingerprint density at radius 1 is 0.488 bits per heavy atom. The fourth-order valence-electron chi connectivity index (χ4n) is 12.0. The van der Waals surface area contributed by atoms with Gasteiger partial charge < -0.3 is 9.47 Å². The quantitative estimate of drug-likeness (QED) is 0.0735. The van der Waals surface area contributed by atoms with Crippen LogP contribution in [-0.2, 0) is 29.9 Å². The number of fused-ring (bicyclic) bond motifs is 8. The Bertz CT molecular complexity index is 4280. The zero-order valence-electron chi connectivity index (χ0n) is 44.6. The van der Waals surface area contributed by atoms with Gasteiger partial charge in [0.15, 0.2) is 0 Å². The Morgan fingerprint density at radius 2 is 0.805 bits per heavy atom. The molecule has 0 unspecified atom stereocenters. The zero-order chi connectivity index (χ0) is 56.9. The van der Waals surface area contributed by atoms with Crippen LogP contribution >= 0.6 is 46.1 Å². The van der Waals surface area contributed by atoms with Crippen LogP contribution in [0.3, 0.4) is 0 Å². The fourth-order valence-corrected chi connectivity index (χ4v) is 15.8. The molecular formula is C66H42F2N6O4S4. The van der Waals surface area contributed by atoms with E-state index in [0.29, 0.717) is 65.2 Å². The van der Waals surface area contributed by atoms with Crippen LogP contribution in [0, 0.1) is 62.0 Å². The van der Waals surface area contributed by atoms with Crippen molar-refractivity contribution in [1.82, 2.24) is 17.5 Å². The first-order chi connectivity index (χ1) is 39.8. The van der Waals surface area contributed by atoms with Gasteiger partial charge in [-0.3, -0.25) is 0 Å². The smallest absolute Gasteiger partial charge is 0.348 e. The van der Waals surface area contributed by atoms with Gasteiger partial charge in [0.1, 0.15) is 57.0 Å². The largest absolute Gasteiger partial charge is 0.465 e. The van der Waals surface area contributed by atoms with Crippen molar-refractivity contribution in [1.29, 1.82) is 10.5 Å². The van der Waals surface area contributed by atoms with Gasteiger partial charge in [-0.05, 0) is 85.4 Å². The highest BCUT2D eigenvalue weighted by molar-refractivity contribution is 7.20. The predicted octanol–water partition coefficient (Wildman–Crippen LogP) is 15.6. The molecule has 4 aromatic heterocycles. The Morgan fingerprint density at radius 3 is 1.11 bits per heavy atom. The van der Waals surface area contributed by atoms with Crippen LogP contribution in [0.5, 0.6) is 0 Å². The molecule has 16 heteroatoms. The van der Waals surface area contributed by atoms with Crippen LogP contribution in [0.1, 0.15) is 77.9 Å². The summed E-state index contributed by atoms with van der Waals surface area (Å²) in [4.78, 5) is 27.7.